The molecule has 0 atom stereocenters. The average Bonchev–Trinajstić information content (AvgIpc) is 3.12. The number of hydrogen-bond donors (Lipinski definition) is 0. The van der Waals surface area contributed by atoms with E-state index in [-0.39, 0.29) is 0 Å². The number of aromatic nitrogens is 3. The van der Waals surface area contributed by atoms with Gasteiger partial charge in [-0.05, 0) is 36.8 Å². The zero-order valence-corrected chi connectivity index (χ0v) is 16.6. The van der Waals surface area contributed by atoms with Gasteiger partial charge in [0.1, 0.15) is 5.82 Å². The van der Waals surface area contributed by atoms with Crippen molar-refractivity contribution in [3.8, 4) is 17.2 Å². The van der Waals surface area contributed by atoms with E-state index >= 15 is 0 Å². The highest BCUT2D eigenvalue weighted by atomic mass is 15.1. The van der Waals surface area contributed by atoms with Gasteiger partial charge in [0.25, 0.3) is 0 Å². The van der Waals surface area contributed by atoms with Crippen LogP contribution in [0.3, 0.4) is 0 Å². The third kappa shape index (κ3) is 2.52. The van der Waals surface area contributed by atoms with Gasteiger partial charge in [-0.1, -0.05) is 72.8 Å². The van der Waals surface area contributed by atoms with Gasteiger partial charge in [-0.2, -0.15) is 0 Å². The Morgan fingerprint density at radius 1 is 0.600 bits per heavy atom. The Hall–Kier alpha value is -3.98. The van der Waals surface area contributed by atoms with Crippen LogP contribution in [0.25, 0.3) is 49.9 Å². The molecule has 0 amide bonds. The van der Waals surface area contributed by atoms with Gasteiger partial charge in [-0.3, -0.25) is 4.57 Å². The van der Waals surface area contributed by atoms with Gasteiger partial charge >= 0.3 is 0 Å². The first-order chi connectivity index (χ1) is 14.8. The third-order valence-electron chi connectivity index (χ3n) is 5.66. The standard InChI is InChI=1S/C27H19N3/c1-18-15-16-21-20-11-6-8-14-24(20)30(25(21)17-18)27-22-12-5-7-13-23(22)28-26(29-27)19-9-3-2-4-10-19/h2-17H,1H3. The molecule has 2 heterocycles. The van der Waals surface area contributed by atoms with Crippen molar-refractivity contribution in [3.63, 3.8) is 0 Å². The quantitative estimate of drug-likeness (QED) is 0.332. The Kier molecular flexibility index (Phi) is 3.68. The second-order valence-electron chi connectivity index (χ2n) is 7.63. The molecule has 30 heavy (non-hydrogen) atoms. The fraction of sp³-hybridized carbons (Fsp3) is 0.0370. The maximum Gasteiger partial charge on any atom is 0.162 e. The van der Waals surface area contributed by atoms with E-state index in [9.17, 15) is 0 Å². The molecule has 6 aromatic rings. The molecule has 0 aliphatic rings. The van der Waals surface area contributed by atoms with Crippen molar-refractivity contribution in [2.45, 2.75) is 6.92 Å². The lowest BCUT2D eigenvalue weighted by atomic mass is 10.1. The summed E-state index contributed by atoms with van der Waals surface area (Å²) in [7, 11) is 0. The van der Waals surface area contributed by atoms with Gasteiger partial charge in [-0.25, -0.2) is 9.97 Å². The van der Waals surface area contributed by atoms with E-state index in [4.69, 9.17) is 9.97 Å². The molecule has 2 aromatic heterocycles. The maximum absolute atomic E-state index is 5.10. The van der Waals surface area contributed by atoms with Gasteiger partial charge in [0.15, 0.2) is 5.82 Å². The molecule has 0 aliphatic heterocycles. The van der Waals surface area contributed by atoms with E-state index in [1.807, 2.05) is 24.3 Å². The molecule has 3 heteroatoms. The van der Waals surface area contributed by atoms with Crippen molar-refractivity contribution in [1.29, 1.82) is 0 Å². The van der Waals surface area contributed by atoms with E-state index in [2.05, 4.69) is 84.3 Å². The Morgan fingerprint density at radius 3 is 2.17 bits per heavy atom. The maximum atomic E-state index is 5.10. The highest BCUT2D eigenvalue weighted by Gasteiger charge is 2.17. The molecule has 4 aromatic carbocycles. The van der Waals surface area contributed by atoms with Gasteiger partial charge < -0.3 is 0 Å². The number of aryl methyl sites for hydroxylation is 1. The summed E-state index contributed by atoms with van der Waals surface area (Å²) in [6, 6.07) is 33.6. The van der Waals surface area contributed by atoms with Gasteiger partial charge in [0, 0.05) is 21.7 Å². The van der Waals surface area contributed by atoms with Crippen molar-refractivity contribution >= 4 is 32.7 Å². The van der Waals surface area contributed by atoms with E-state index in [0.717, 1.165) is 33.6 Å². The minimum absolute atomic E-state index is 0.739. The molecule has 6 rings (SSSR count). The van der Waals surface area contributed by atoms with Crippen molar-refractivity contribution < 1.29 is 0 Å². The molecule has 142 valence electrons. The molecule has 0 fully saturated rings. The minimum Gasteiger partial charge on any atom is -0.293 e. The van der Waals surface area contributed by atoms with Crippen LogP contribution in [0.5, 0.6) is 0 Å². The van der Waals surface area contributed by atoms with Crippen LogP contribution in [0, 0.1) is 6.92 Å². The first kappa shape index (κ1) is 16.9. The zero-order chi connectivity index (χ0) is 20.1. The number of rotatable bonds is 2. The van der Waals surface area contributed by atoms with Crippen LogP contribution in [0.2, 0.25) is 0 Å². The van der Waals surface area contributed by atoms with Crippen LogP contribution in [0.4, 0.5) is 0 Å². The Labute approximate surface area is 174 Å². The smallest absolute Gasteiger partial charge is 0.162 e. The molecule has 0 radical (unpaired) electrons. The number of para-hydroxylation sites is 2. The van der Waals surface area contributed by atoms with E-state index in [1.54, 1.807) is 0 Å². The highest BCUT2D eigenvalue weighted by molar-refractivity contribution is 6.10. The molecule has 0 spiro atoms. The van der Waals surface area contributed by atoms with Gasteiger partial charge in [0.2, 0.25) is 0 Å². The molecular weight excluding hydrogens is 366 g/mol. The first-order valence-electron chi connectivity index (χ1n) is 10.1. The summed E-state index contributed by atoms with van der Waals surface area (Å²) in [6.07, 6.45) is 0. The molecular formula is C27H19N3. The second-order valence-corrected chi connectivity index (χ2v) is 7.63. The largest absolute Gasteiger partial charge is 0.293 e. The van der Waals surface area contributed by atoms with Gasteiger partial charge in [-0.15, -0.1) is 0 Å². The fourth-order valence-electron chi connectivity index (χ4n) is 4.26. The lowest BCUT2D eigenvalue weighted by Gasteiger charge is -2.12. The lowest BCUT2D eigenvalue weighted by Crippen LogP contribution is -2.02. The summed E-state index contributed by atoms with van der Waals surface area (Å²) < 4.78 is 2.29. The molecule has 0 N–H and O–H groups in total. The fourth-order valence-corrected chi connectivity index (χ4v) is 4.26. The zero-order valence-electron chi connectivity index (χ0n) is 16.6. The van der Waals surface area contributed by atoms with E-state index in [0.29, 0.717) is 0 Å². The monoisotopic (exact) mass is 385 g/mol. The molecule has 0 unspecified atom stereocenters. The van der Waals surface area contributed by atoms with Crippen LogP contribution in [0.15, 0.2) is 97.1 Å². The minimum atomic E-state index is 0.739. The number of nitrogens with zero attached hydrogens (tertiary/aromatic N) is 3. The van der Waals surface area contributed by atoms with Crippen molar-refractivity contribution in [3.05, 3.63) is 103 Å². The summed E-state index contributed by atoms with van der Waals surface area (Å²) in [6.45, 7) is 2.13. The molecule has 0 bridgehead atoms. The van der Waals surface area contributed by atoms with Crippen LogP contribution in [0.1, 0.15) is 5.56 Å². The summed E-state index contributed by atoms with van der Waals surface area (Å²) in [5.41, 5.74) is 5.51. The van der Waals surface area contributed by atoms with Crippen molar-refractivity contribution in [2.24, 2.45) is 0 Å². The third-order valence-corrected chi connectivity index (χ3v) is 5.66. The van der Waals surface area contributed by atoms with E-state index < -0.39 is 0 Å². The number of benzene rings is 4. The average molecular weight is 385 g/mol. The topological polar surface area (TPSA) is 30.7 Å². The second kappa shape index (κ2) is 6.53. The molecule has 0 aliphatic carbocycles. The van der Waals surface area contributed by atoms with Crippen LogP contribution in [-0.2, 0) is 0 Å². The normalized spacial score (nSPS) is 11.5. The summed E-state index contributed by atoms with van der Waals surface area (Å²) in [5.74, 6) is 1.65. The molecule has 0 saturated heterocycles. The predicted octanol–water partition coefficient (Wildman–Crippen LogP) is 6.70. The summed E-state index contributed by atoms with van der Waals surface area (Å²) in [4.78, 5) is 9.96. The molecule has 3 nitrogen and oxygen atoms in total. The Balaban J connectivity index is 1.79. The predicted molar refractivity (Wildman–Crippen MR) is 124 cm³/mol. The first-order valence-corrected chi connectivity index (χ1v) is 10.1. The van der Waals surface area contributed by atoms with Crippen LogP contribution >= 0.6 is 0 Å². The number of fused-ring (bicyclic) bond motifs is 4. The number of hydrogen-bond acceptors (Lipinski definition) is 2. The SMILES string of the molecule is Cc1ccc2c3ccccc3n(-c3nc(-c4ccccc4)nc4ccccc34)c2c1. The van der Waals surface area contributed by atoms with Crippen LogP contribution < -0.4 is 0 Å². The van der Waals surface area contributed by atoms with E-state index in [1.165, 1.54) is 21.9 Å². The summed E-state index contributed by atoms with van der Waals surface area (Å²) >= 11 is 0. The van der Waals surface area contributed by atoms with Crippen molar-refractivity contribution in [2.75, 3.05) is 0 Å². The Bertz CT molecular complexity index is 1550. The highest BCUT2D eigenvalue weighted by Crippen LogP contribution is 2.34. The molecule has 0 saturated carbocycles. The Morgan fingerprint density at radius 2 is 1.30 bits per heavy atom. The summed E-state index contributed by atoms with van der Waals surface area (Å²) in [5, 5.41) is 3.51. The lowest BCUT2D eigenvalue weighted by molar-refractivity contribution is 1.07. The van der Waals surface area contributed by atoms with Crippen LogP contribution in [-0.4, -0.2) is 14.5 Å². The van der Waals surface area contributed by atoms with Crippen molar-refractivity contribution in [1.82, 2.24) is 14.5 Å². The van der Waals surface area contributed by atoms with Gasteiger partial charge in [0.05, 0.1) is 16.6 Å².